The minimum atomic E-state index is -0.330. The summed E-state index contributed by atoms with van der Waals surface area (Å²) in [5.74, 6) is 1.68. The van der Waals surface area contributed by atoms with Gasteiger partial charge in [0.05, 0.1) is 22.9 Å². The first kappa shape index (κ1) is 28.4. The van der Waals surface area contributed by atoms with Gasteiger partial charge in [-0.1, -0.05) is 32.9 Å². The number of amides is 1. The number of carbonyl (C=O) groups is 1. The highest BCUT2D eigenvalue weighted by Gasteiger charge is 2.49. The maximum Gasteiger partial charge on any atom is 0.274 e. The zero-order chi connectivity index (χ0) is 29.6. The van der Waals surface area contributed by atoms with Crippen molar-refractivity contribution in [1.29, 1.82) is 5.26 Å². The van der Waals surface area contributed by atoms with Gasteiger partial charge < -0.3 is 15.2 Å². The molecule has 220 valence electrons. The van der Waals surface area contributed by atoms with E-state index in [4.69, 9.17) is 4.98 Å². The van der Waals surface area contributed by atoms with Gasteiger partial charge in [-0.25, -0.2) is 4.98 Å². The molecular weight excluding hydrogens is 524 g/mol. The number of aromatic nitrogens is 4. The van der Waals surface area contributed by atoms with Crippen molar-refractivity contribution >= 4 is 17.3 Å². The first-order valence-electron chi connectivity index (χ1n) is 15.3. The summed E-state index contributed by atoms with van der Waals surface area (Å²) in [6, 6.07) is 12.5. The molecule has 2 aromatic heterocycles. The van der Waals surface area contributed by atoms with Crippen LogP contribution in [0.3, 0.4) is 0 Å². The molecular formula is C33H42N8O. The number of likely N-dealkylation sites (tertiary alicyclic amines) is 1. The predicted octanol–water partition coefficient (Wildman–Crippen LogP) is 5.57. The summed E-state index contributed by atoms with van der Waals surface area (Å²) in [7, 11) is 1.96. The SMILES string of the molecule is CC(c1cc(C(=O)Nc2cccc([C@]3(c4nncn4C)C[C@@H](CC#N)C3)c2)nc2c1NCC2(C)C)N1CCC[C@H](C)C1. The van der Waals surface area contributed by atoms with Crippen molar-refractivity contribution < 1.29 is 4.79 Å². The Hall–Kier alpha value is -3.77. The largest absolute Gasteiger partial charge is 0.382 e. The molecule has 1 saturated heterocycles. The highest BCUT2D eigenvalue weighted by molar-refractivity contribution is 6.03. The van der Waals surface area contributed by atoms with Crippen molar-refractivity contribution in [2.75, 3.05) is 30.3 Å². The minimum Gasteiger partial charge on any atom is -0.382 e. The fourth-order valence-electron chi connectivity index (χ4n) is 7.41. The molecule has 0 bridgehead atoms. The summed E-state index contributed by atoms with van der Waals surface area (Å²) >= 11 is 0. The maximum atomic E-state index is 13.8. The highest BCUT2D eigenvalue weighted by atomic mass is 16.1. The number of nitriles is 1. The molecule has 0 spiro atoms. The van der Waals surface area contributed by atoms with Gasteiger partial charge in [-0.15, -0.1) is 10.2 Å². The molecule has 3 aliphatic rings. The molecule has 9 nitrogen and oxygen atoms in total. The van der Waals surface area contributed by atoms with Crippen LogP contribution in [0.5, 0.6) is 0 Å². The molecule has 4 heterocycles. The quantitative estimate of drug-likeness (QED) is 0.385. The van der Waals surface area contributed by atoms with Crippen LogP contribution in [-0.4, -0.2) is 50.2 Å². The summed E-state index contributed by atoms with van der Waals surface area (Å²) in [5.41, 5.74) is 4.96. The van der Waals surface area contributed by atoms with Crippen LogP contribution in [0.15, 0.2) is 36.7 Å². The van der Waals surface area contributed by atoms with Gasteiger partial charge in [0.1, 0.15) is 17.8 Å². The molecule has 6 rings (SSSR count). The van der Waals surface area contributed by atoms with Crippen LogP contribution in [-0.2, 0) is 17.9 Å². The van der Waals surface area contributed by atoms with Crippen molar-refractivity contribution in [2.45, 2.75) is 76.7 Å². The molecule has 1 saturated carbocycles. The molecule has 1 aromatic carbocycles. The summed E-state index contributed by atoms with van der Waals surface area (Å²) in [6.07, 6.45) is 6.38. The summed E-state index contributed by atoms with van der Waals surface area (Å²) in [5, 5.41) is 24.6. The van der Waals surface area contributed by atoms with E-state index in [1.54, 1.807) is 6.33 Å². The second kappa shape index (κ2) is 10.8. The Morgan fingerprint density at radius 2 is 2.10 bits per heavy atom. The topological polar surface area (TPSA) is 112 Å². The van der Waals surface area contributed by atoms with E-state index in [0.29, 0.717) is 24.0 Å². The Kier molecular flexibility index (Phi) is 7.30. The van der Waals surface area contributed by atoms with Crippen molar-refractivity contribution in [2.24, 2.45) is 18.9 Å². The first-order chi connectivity index (χ1) is 20.1. The van der Waals surface area contributed by atoms with Crippen LogP contribution in [0.4, 0.5) is 11.4 Å². The van der Waals surface area contributed by atoms with E-state index in [-0.39, 0.29) is 22.8 Å². The number of benzene rings is 1. The van der Waals surface area contributed by atoms with Gasteiger partial charge >= 0.3 is 0 Å². The molecule has 2 aliphatic heterocycles. The van der Waals surface area contributed by atoms with E-state index in [2.05, 4.69) is 65.6 Å². The van der Waals surface area contributed by atoms with Gasteiger partial charge in [-0.2, -0.15) is 5.26 Å². The Bertz CT molecular complexity index is 1530. The average molecular weight is 567 g/mol. The third-order valence-corrected chi connectivity index (χ3v) is 9.78. The zero-order valence-electron chi connectivity index (χ0n) is 25.4. The molecule has 1 unspecified atom stereocenters. The Morgan fingerprint density at radius 3 is 2.81 bits per heavy atom. The van der Waals surface area contributed by atoms with E-state index >= 15 is 0 Å². The number of pyridine rings is 1. The monoisotopic (exact) mass is 566 g/mol. The molecule has 1 aliphatic carbocycles. The number of hydrogen-bond donors (Lipinski definition) is 2. The third-order valence-electron chi connectivity index (χ3n) is 9.78. The summed E-state index contributed by atoms with van der Waals surface area (Å²) in [6.45, 7) is 11.9. The molecule has 2 N–H and O–H groups in total. The van der Waals surface area contributed by atoms with Crippen molar-refractivity contribution in [3.8, 4) is 6.07 Å². The number of piperidine rings is 1. The van der Waals surface area contributed by atoms with Crippen LogP contribution in [0.25, 0.3) is 0 Å². The third kappa shape index (κ3) is 4.96. The number of carbonyl (C=O) groups excluding carboxylic acids is 1. The Morgan fingerprint density at radius 1 is 1.29 bits per heavy atom. The lowest BCUT2D eigenvalue weighted by molar-refractivity contribution is 0.102. The van der Waals surface area contributed by atoms with E-state index in [1.165, 1.54) is 12.8 Å². The van der Waals surface area contributed by atoms with Crippen LogP contribution in [0, 0.1) is 23.2 Å². The van der Waals surface area contributed by atoms with Gasteiger partial charge in [0, 0.05) is 43.7 Å². The Balaban J connectivity index is 1.30. The number of hydrogen-bond acceptors (Lipinski definition) is 7. The van der Waals surface area contributed by atoms with Gasteiger partial charge in [0.2, 0.25) is 0 Å². The number of rotatable bonds is 7. The van der Waals surface area contributed by atoms with Crippen molar-refractivity contribution in [1.82, 2.24) is 24.6 Å². The molecule has 3 aromatic rings. The molecule has 1 amide bonds. The van der Waals surface area contributed by atoms with Gasteiger partial charge in [-0.05, 0) is 80.3 Å². The highest BCUT2D eigenvalue weighted by Crippen LogP contribution is 2.53. The van der Waals surface area contributed by atoms with Gasteiger partial charge in [0.25, 0.3) is 5.91 Å². The average Bonchev–Trinajstić information content (AvgIpc) is 3.51. The second-order valence-electron chi connectivity index (χ2n) is 13.5. The van der Waals surface area contributed by atoms with Crippen LogP contribution < -0.4 is 10.6 Å². The lowest BCUT2D eigenvalue weighted by Crippen LogP contribution is -2.44. The van der Waals surface area contributed by atoms with Crippen molar-refractivity contribution in [3.05, 3.63) is 65.0 Å². The van der Waals surface area contributed by atoms with Gasteiger partial charge in [-0.3, -0.25) is 9.69 Å². The normalized spacial score (nSPS) is 25.5. The fourth-order valence-corrected chi connectivity index (χ4v) is 7.41. The minimum absolute atomic E-state index is 0.165. The summed E-state index contributed by atoms with van der Waals surface area (Å²) < 4.78 is 1.96. The second-order valence-corrected chi connectivity index (χ2v) is 13.5. The lowest BCUT2D eigenvalue weighted by Gasteiger charge is -2.46. The molecule has 2 atom stereocenters. The van der Waals surface area contributed by atoms with Crippen LogP contribution in [0.1, 0.15) is 99.0 Å². The van der Waals surface area contributed by atoms with Crippen LogP contribution in [0.2, 0.25) is 0 Å². The predicted molar refractivity (Wildman–Crippen MR) is 163 cm³/mol. The number of nitrogens with one attached hydrogen (secondary N) is 2. The standard InChI is InChI=1S/C33H42N8O/c1-21-8-7-13-41(18-21)22(2)26-15-27(38-29-28(26)35-19-32(29,3)4)30(42)37-25-10-6-9-24(14-25)33(16-23(17-33)11-12-34)31-39-36-20-40(31)5/h6,9-10,14-15,20-23,35H,7-8,11,13,16-19H2,1-5H3,(H,37,42)/t21-,22?,23-,33+/m0/s1. The van der Waals surface area contributed by atoms with E-state index in [0.717, 1.165) is 66.5 Å². The fraction of sp³-hybridized carbons (Fsp3) is 0.545. The molecule has 42 heavy (non-hydrogen) atoms. The maximum absolute atomic E-state index is 13.8. The van der Waals surface area contributed by atoms with Crippen molar-refractivity contribution in [3.63, 3.8) is 0 Å². The lowest BCUT2D eigenvalue weighted by atomic mass is 9.57. The van der Waals surface area contributed by atoms with Crippen LogP contribution >= 0.6 is 0 Å². The first-order valence-corrected chi connectivity index (χ1v) is 15.3. The zero-order valence-corrected chi connectivity index (χ0v) is 25.4. The Labute approximate surface area is 248 Å². The summed E-state index contributed by atoms with van der Waals surface area (Å²) in [4.78, 5) is 21.3. The van der Waals surface area contributed by atoms with Gasteiger partial charge in [0.15, 0.2) is 0 Å². The number of fused-ring (bicyclic) bond motifs is 1. The number of anilines is 2. The molecule has 9 heteroatoms. The molecule has 0 radical (unpaired) electrons. The smallest absolute Gasteiger partial charge is 0.274 e. The van der Waals surface area contributed by atoms with E-state index in [1.807, 2.05) is 35.9 Å². The number of aryl methyl sites for hydroxylation is 1. The molecule has 2 fully saturated rings. The van der Waals surface area contributed by atoms with E-state index < -0.39 is 0 Å². The number of nitrogens with zero attached hydrogens (tertiary/aromatic N) is 6. The van der Waals surface area contributed by atoms with E-state index in [9.17, 15) is 10.1 Å².